The standard InChI is InChI=1S/C31H38N4O6S/c1-22(2)19-32-31(37)29(17-25-9-7-6-8-10-25)33(20-26-14-11-23(3)12-15-26)30(36)21-34(42(5,40)41)28-18-27(35(38)39)16-13-24(28)4/h6-16,18,22,29H,17,19-21H2,1-5H3,(H,32,37)/t29-/m0/s1. The number of hydrogen-bond donors (Lipinski definition) is 1. The Hall–Kier alpha value is -4.25. The summed E-state index contributed by atoms with van der Waals surface area (Å²) in [5, 5.41) is 14.4. The number of rotatable bonds is 13. The lowest BCUT2D eigenvalue weighted by atomic mass is 10.0. The lowest BCUT2D eigenvalue weighted by Gasteiger charge is -2.34. The van der Waals surface area contributed by atoms with Crippen molar-refractivity contribution in [1.82, 2.24) is 10.2 Å². The topological polar surface area (TPSA) is 130 Å². The van der Waals surface area contributed by atoms with Crippen molar-refractivity contribution in [3.63, 3.8) is 0 Å². The predicted octanol–water partition coefficient (Wildman–Crippen LogP) is 4.39. The number of non-ortho nitro benzene ring substituents is 1. The van der Waals surface area contributed by atoms with Crippen LogP contribution in [0.3, 0.4) is 0 Å². The summed E-state index contributed by atoms with van der Waals surface area (Å²) in [5.74, 6) is -0.803. The van der Waals surface area contributed by atoms with Crippen LogP contribution in [0.5, 0.6) is 0 Å². The quantitative estimate of drug-likeness (QED) is 0.231. The van der Waals surface area contributed by atoms with Crippen LogP contribution < -0.4 is 9.62 Å². The van der Waals surface area contributed by atoms with Crippen LogP contribution in [0.25, 0.3) is 0 Å². The van der Waals surface area contributed by atoms with Crippen LogP contribution in [0.15, 0.2) is 72.8 Å². The van der Waals surface area contributed by atoms with Crippen molar-refractivity contribution in [3.8, 4) is 0 Å². The number of carbonyl (C=O) groups is 2. The number of amides is 2. The molecule has 0 saturated carbocycles. The van der Waals surface area contributed by atoms with Gasteiger partial charge in [-0.1, -0.05) is 80.1 Å². The minimum atomic E-state index is -4.05. The van der Waals surface area contributed by atoms with Gasteiger partial charge < -0.3 is 10.2 Å². The number of sulfonamides is 1. The lowest BCUT2D eigenvalue weighted by Crippen LogP contribution is -2.53. The second-order valence-corrected chi connectivity index (χ2v) is 12.8. The Balaban J connectivity index is 2.09. The van der Waals surface area contributed by atoms with E-state index in [4.69, 9.17) is 0 Å². The molecule has 0 bridgehead atoms. The molecule has 0 radical (unpaired) electrons. The van der Waals surface area contributed by atoms with E-state index in [0.29, 0.717) is 12.1 Å². The first-order valence-electron chi connectivity index (χ1n) is 13.7. The van der Waals surface area contributed by atoms with Crippen LogP contribution in [0.2, 0.25) is 0 Å². The summed E-state index contributed by atoms with van der Waals surface area (Å²) in [6.45, 7) is 7.30. The Morgan fingerprint density at radius 2 is 1.60 bits per heavy atom. The second-order valence-electron chi connectivity index (χ2n) is 10.8. The SMILES string of the molecule is Cc1ccc(CN(C(=O)CN(c2cc([N+](=O)[O-])ccc2C)S(C)(=O)=O)[C@@H](Cc2ccccc2)C(=O)NCC(C)C)cc1. The molecule has 0 aliphatic rings. The fourth-order valence-corrected chi connectivity index (χ4v) is 5.34. The first kappa shape index (κ1) is 32.3. The van der Waals surface area contributed by atoms with Crippen molar-refractivity contribution in [2.45, 2.75) is 46.7 Å². The molecule has 0 aliphatic carbocycles. The van der Waals surface area contributed by atoms with Gasteiger partial charge in [-0.3, -0.25) is 24.0 Å². The number of nitrogens with zero attached hydrogens (tertiary/aromatic N) is 3. The number of carbonyl (C=O) groups excluding carboxylic acids is 2. The fraction of sp³-hybridized carbons (Fsp3) is 0.355. The second kappa shape index (κ2) is 14.1. The third kappa shape index (κ3) is 8.87. The molecular formula is C31H38N4O6S. The van der Waals surface area contributed by atoms with Gasteiger partial charge in [-0.2, -0.15) is 0 Å². The Morgan fingerprint density at radius 1 is 0.952 bits per heavy atom. The monoisotopic (exact) mass is 594 g/mol. The maximum atomic E-state index is 14.2. The molecule has 0 aliphatic heterocycles. The summed E-state index contributed by atoms with van der Waals surface area (Å²) in [5.41, 5.74) is 2.79. The summed E-state index contributed by atoms with van der Waals surface area (Å²) in [6, 6.07) is 19.7. The smallest absolute Gasteiger partial charge is 0.271 e. The summed E-state index contributed by atoms with van der Waals surface area (Å²) in [7, 11) is -4.05. The summed E-state index contributed by atoms with van der Waals surface area (Å²) in [6.07, 6.45) is 1.15. The van der Waals surface area contributed by atoms with Crippen LogP contribution in [0, 0.1) is 29.9 Å². The van der Waals surface area contributed by atoms with Crippen molar-refractivity contribution in [1.29, 1.82) is 0 Å². The van der Waals surface area contributed by atoms with E-state index >= 15 is 0 Å². The van der Waals surface area contributed by atoms with Crippen molar-refractivity contribution >= 4 is 33.2 Å². The first-order valence-corrected chi connectivity index (χ1v) is 15.5. The van der Waals surface area contributed by atoms with Gasteiger partial charge >= 0.3 is 0 Å². The maximum absolute atomic E-state index is 14.2. The van der Waals surface area contributed by atoms with Gasteiger partial charge in [0, 0.05) is 31.6 Å². The van der Waals surface area contributed by atoms with Gasteiger partial charge in [0.05, 0.1) is 16.9 Å². The van der Waals surface area contributed by atoms with Crippen LogP contribution in [-0.4, -0.2) is 55.4 Å². The minimum Gasteiger partial charge on any atom is -0.354 e. The molecule has 1 atom stereocenters. The Bertz CT molecular complexity index is 1510. The van der Waals surface area contributed by atoms with E-state index in [1.165, 1.54) is 17.0 Å². The molecule has 42 heavy (non-hydrogen) atoms. The molecule has 0 heterocycles. The Kier molecular flexibility index (Phi) is 10.8. The van der Waals surface area contributed by atoms with Crippen molar-refractivity contribution in [2.75, 3.05) is 23.7 Å². The molecule has 0 unspecified atom stereocenters. The number of nitro benzene ring substituents is 1. The molecule has 1 N–H and O–H groups in total. The Labute approximate surface area is 247 Å². The number of nitrogens with one attached hydrogen (secondary N) is 1. The number of nitro groups is 1. The van der Waals surface area contributed by atoms with E-state index < -0.39 is 33.4 Å². The van der Waals surface area contributed by atoms with Crippen LogP contribution >= 0.6 is 0 Å². The molecule has 0 fully saturated rings. The van der Waals surface area contributed by atoms with E-state index in [2.05, 4.69) is 5.32 Å². The molecule has 3 rings (SSSR count). The van der Waals surface area contributed by atoms with Crippen LogP contribution in [0.4, 0.5) is 11.4 Å². The third-order valence-corrected chi connectivity index (χ3v) is 7.91. The van der Waals surface area contributed by atoms with E-state index in [-0.39, 0.29) is 36.2 Å². The average Bonchev–Trinajstić information content (AvgIpc) is 2.93. The van der Waals surface area contributed by atoms with Gasteiger partial charge in [0.1, 0.15) is 12.6 Å². The summed E-state index contributed by atoms with van der Waals surface area (Å²) >= 11 is 0. The van der Waals surface area contributed by atoms with Gasteiger partial charge in [-0.05, 0) is 36.5 Å². The summed E-state index contributed by atoms with van der Waals surface area (Å²) < 4.78 is 26.9. The first-order chi connectivity index (χ1) is 19.8. The average molecular weight is 595 g/mol. The molecule has 2 amide bonds. The van der Waals surface area contributed by atoms with E-state index in [9.17, 15) is 28.1 Å². The highest BCUT2D eigenvalue weighted by molar-refractivity contribution is 7.92. The zero-order valence-electron chi connectivity index (χ0n) is 24.6. The van der Waals surface area contributed by atoms with Gasteiger partial charge in [-0.25, -0.2) is 8.42 Å². The normalized spacial score (nSPS) is 12.0. The zero-order chi connectivity index (χ0) is 31.0. The highest BCUT2D eigenvalue weighted by atomic mass is 32.2. The fourth-order valence-electron chi connectivity index (χ4n) is 4.44. The van der Waals surface area contributed by atoms with E-state index in [0.717, 1.165) is 33.3 Å². The number of aryl methyl sites for hydroxylation is 2. The van der Waals surface area contributed by atoms with Crippen molar-refractivity contribution < 1.29 is 22.9 Å². The molecule has 224 valence electrons. The molecular weight excluding hydrogens is 556 g/mol. The third-order valence-electron chi connectivity index (χ3n) is 6.78. The van der Waals surface area contributed by atoms with Crippen LogP contribution in [-0.2, 0) is 32.6 Å². The maximum Gasteiger partial charge on any atom is 0.271 e. The van der Waals surface area contributed by atoms with E-state index in [1.807, 2.05) is 75.4 Å². The largest absolute Gasteiger partial charge is 0.354 e. The van der Waals surface area contributed by atoms with Gasteiger partial charge in [0.25, 0.3) is 5.69 Å². The molecule has 0 saturated heterocycles. The lowest BCUT2D eigenvalue weighted by molar-refractivity contribution is -0.384. The van der Waals surface area contributed by atoms with Gasteiger partial charge in [0.15, 0.2) is 0 Å². The zero-order valence-corrected chi connectivity index (χ0v) is 25.4. The van der Waals surface area contributed by atoms with Gasteiger partial charge in [0.2, 0.25) is 21.8 Å². The van der Waals surface area contributed by atoms with Crippen LogP contribution in [0.1, 0.15) is 36.1 Å². The van der Waals surface area contributed by atoms with E-state index in [1.54, 1.807) is 6.92 Å². The summed E-state index contributed by atoms with van der Waals surface area (Å²) in [4.78, 5) is 40.1. The molecule has 0 aromatic heterocycles. The molecule has 10 nitrogen and oxygen atoms in total. The number of hydrogen-bond acceptors (Lipinski definition) is 6. The van der Waals surface area contributed by atoms with Crippen molar-refractivity contribution in [2.24, 2.45) is 5.92 Å². The Morgan fingerprint density at radius 3 is 2.17 bits per heavy atom. The number of anilines is 1. The number of benzene rings is 3. The molecule has 3 aromatic carbocycles. The molecule has 11 heteroatoms. The minimum absolute atomic E-state index is 0.0270. The predicted molar refractivity (Wildman–Crippen MR) is 164 cm³/mol. The highest BCUT2D eigenvalue weighted by Gasteiger charge is 2.33. The molecule has 3 aromatic rings. The highest BCUT2D eigenvalue weighted by Crippen LogP contribution is 2.28. The van der Waals surface area contributed by atoms with Gasteiger partial charge in [-0.15, -0.1) is 0 Å². The van der Waals surface area contributed by atoms with Crippen molar-refractivity contribution in [3.05, 3.63) is 105 Å². The molecule has 0 spiro atoms.